The highest BCUT2D eigenvalue weighted by atomic mass is 32.2. The van der Waals surface area contributed by atoms with Crippen molar-refractivity contribution in [2.75, 3.05) is 5.75 Å². The fourth-order valence-corrected chi connectivity index (χ4v) is 7.60. The third-order valence-corrected chi connectivity index (χ3v) is 10.4. The van der Waals surface area contributed by atoms with Crippen LogP contribution in [0.25, 0.3) is 4.85 Å². The Labute approximate surface area is 194 Å². The van der Waals surface area contributed by atoms with Crippen molar-refractivity contribution < 1.29 is 18.3 Å². The van der Waals surface area contributed by atoms with E-state index in [9.17, 15) is 18.3 Å². The van der Waals surface area contributed by atoms with Crippen molar-refractivity contribution in [3.05, 3.63) is 56.7 Å². The molecule has 0 bridgehead atoms. The number of carbonyl (C=O) groups excluding carboxylic acids is 1. The van der Waals surface area contributed by atoms with Gasteiger partial charge in [-0.1, -0.05) is 19.1 Å². The fourth-order valence-electron chi connectivity index (χ4n) is 4.74. The predicted octanol–water partition coefficient (Wildman–Crippen LogP) is 5.11. The van der Waals surface area contributed by atoms with Gasteiger partial charge in [-0.15, -0.1) is 11.3 Å². The van der Waals surface area contributed by atoms with Crippen LogP contribution in [0.2, 0.25) is 0 Å². The molecule has 1 aromatic heterocycles. The van der Waals surface area contributed by atoms with Crippen LogP contribution in [0.1, 0.15) is 73.1 Å². The van der Waals surface area contributed by atoms with Crippen LogP contribution in [0, 0.1) is 12.5 Å². The number of rotatable bonds is 8. The van der Waals surface area contributed by atoms with Crippen molar-refractivity contribution >= 4 is 32.6 Å². The van der Waals surface area contributed by atoms with Crippen LogP contribution in [-0.2, 0) is 39.5 Å². The topological polar surface area (TPSA) is 75.8 Å². The van der Waals surface area contributed by atoms with Gasteiger partial charge in [-0.3, -0.25) is 4.79 Å². The number of ketones is 1. The highest BCUT2D eigenvalue weighted by Gasteiger charge is 2.33. The molecular formula is C25H29NO4S2. The van der Waals surface area contributed by atoms with Crippen LogP contribution < -0.4 is 0 Å². The lowest BCUT2D eigenvalue weighted by Gasteiger charge is -2.19. The van der Waals surface area contributed by atoms with Crippen LogP contribution in [0.3, 0.4) is 0 Å². The number of carbonyl (C=O) groups is 1. The first-order valence-electron chi connectivity index (χ1n) is 11.1. The molecule has 5 nitrogen and oxygen atoms in total. The van der Waals surface area contributed by atoms with Crippen molar-refractivity contribution in [3.63, 3.8) is 0 Å². The smallest absolute Gasteiger partial charge is 0.216 e. The summed E-state index contributed by atoms with van der Waals surface area (Å²) in [6, 6.07) is 5.75. The molecule has 1 atom stereocenters. The molecule has 1 N–H and O–H groups in total. The number of sulfone groups is 1. The summed E-state index contributed by atoms with van der Waals surface area (Å²) >= 11 is 0.883. The maximum atomic E-state index is 13.1. The van der Waals surface area contributed by atoms with E-state index in [4.69, 9.17) is 6.57 Å². The van der Waals surface area contributed by atoms with Crippen molar-refractivity contribution in [3.8, 4) is 0 Å². The van der Waals surface area contributed by atoms with Crippen molar-refractivity contribution in [2.24, 2.45) is 5.92 Å². The van der Waals surface area contributed by atoms with E-state index in [2.05, 4.69) is 23.9 Å². The van der Waals surface area contributed by atoms with Crippen molar-refractivity contribution in [1.82, 2.24) is 0 Å². The fraction of sp³-hybridized carbons (Fsp3) is 0.520. The Hall–Kier alpha value is -2.01. The minimum atomic E-state index is -3.97. The number of nitrogens with zero attached hydrogens (tertiary/aromatic N) is 1. The number of fused-ring (bicyclic) bond motifs is 1. The Morgan fingerprint density at radius 3 is 2.66 bits per heavy atom. The van der Waals surface area contributed by atoms with Gasteiger partial charge >= 0.3 is 0 Å². The molecule has 0 radical (unpaired) electrons. The lowest BCUT2D eigenvalue weighted by atomic mass is 9.86. The number of hydrogen-bond acceptors (Lipinski definition) is 5. The third kappa shape index (κ3) is 4.54. The average Bonchev–Trinajstić information content (AvgIpc) is 3.25. The molecule has 1 saturated carbocycles. The molecule has 1 heterocycles. The molecule has 1 fully saturated rings. The normalized spacial score (nSPS) is 17.1. The number of Topliss-reactive ketones (excluding diaryl/α,β-unsaturated/α-hetero) is 1. The van der Waals surface area contributed by atoms with Crippen LogP contribution in [0.5, 0.6) is 0 Å². The molecule has 0 saturated heterocycles. The summed E-state index contributed by atoms with van der Waals surface area (Å²) in [5, 5.41) is 10.2. The van der Waals surface area contributed by atoms with E-state index in [1.165, 1.54) is 35.6 Å². The summed E-state index contributed by atoms with van der Waals surface area (Å²) in [4.78, 5) is 16.8. The van der Waals surface area contributed by atoms with Gasteiger partial charge in [-0.05, 0) is 86.1 Å². The zero-order valence-corrected chi connectivity index (χ0v) is 20.4. The molecule has 32 heavy (non-hydrogen) atoms. The number of hydrogen-bond donors (Lipinski definition) is 1. The number of benzene rings is 1. The molecule has 0 amide bonds. The summed E-state index contributed by atoms with van der Waals surface area (Å²) in [5.41, 5.74) is 3.48. The average molecular weight is 472 g/mol. The van der Waals surface area contributed by atoms with E-state index in [0.717, 1.165) is 36.2 Å². The van der Waals surface area contributed by atoms with Crippen LogP contribution in [0.4, 0.5) is 5.69 Å². The lowest BCUT2D eigenvalue weighted by Crippen LogP contribution is -2.19. The van der Waals surface area contributed by atoms with Gasteiger partial charge in [-0.2, -0.15) is 0 Å². The largest absolute Gasteiger partial charge is 0.385 e. The molecule has 170 valence electrons. The van der Waals surface area contributed by atoms with Gasteiger partial charge < -0.3 is 5.11 Å². The van der Waals surface area contributed by atoms with E-state index in [-0.39, 0.29) is 22.1 Å². The maximum absolute atomic E-state index is 13.1. The molecule has 0 aliphatic heterocycles. The summed E-state index contributed by atoms with van der Waals surface area (Å²) in [7, 11) is -3.97. The van der Waals surface area contributed by atoms with Gasteiger partial charge in [0.2, 0.25) is 5.69 Å². The minimum Gasteiger partial charge on any atom is -0.385 e. The van der Waals surface area contributed by atoms with E-state index in [1.807, 2.05) is 0 Å². The van der Waals surface area contributed by atoms with Crippen LogP contribution in [0.15, 0.2) is 22.4 Å². The summed E-state index contributed by atoms with van der Waals surface area (Å²) < 4.78 is 26.1. The lowest BCUT2D eigenvalue weighted by molar-refractivity contribution is -0.116. The third-order valence-electron chi connectivity index (χ3n) is 6.67. The van der Waals surface area contributed by atoms with Crippen molar-refractivity contribution in [1.29, 1.82) is 0 Å². The highest BCUT2D eigenvalue weighted by molar-refractivity contribution is 7.94. The van der Waals surface area contributed by atoms with E-state index >= 15 is 0 Å². The Balaban J connectivity index is 1.62. The molecule has 1 aromatic carbocycles. The molecule has 2 aromatic rings. The summed E-state index contributed by atoms with van der Waals surface area (Å²) in [6.07, 6.45) is 5.56. The quantitative estimate of drug-likeness (QED) is 0.543. The summed E-state index contributed by atoms with van der Waals surface area (Å²) in [5.74, 6) is 0.0615. The minimum absolute atomic E-state index is 0.0245. The van der Waals surface area contributed by atoms with E-state index in [1.54, 1.807) is 13.8 Å². The summed E-state index contributed by atoms with van der Waals surface area (Å²) in [6.45, 7) is 12.7. The Morgan fingerprint density at radius 2 is 2.03 bits per heavy atom. The standard InChI is InChI=1S/C25H29NO4S2/c1-15(16-8-9-16)19-11-10-17-6-5-7-20(17)21(19)12-18(27)14-32(29,30)24-22(26-4)13-23(31-24)25(2,3)28/h10-11,13,15-16,28H,5-9,12,14H2,1-3H3/t15-/m1/s1. The van der Waals surface area contributed by atoms with Gasteiger partial charge in [0.1, 0.15) is 9.96 Å². The molecule has 2 aliphatic carbocycles. The second kappa shape index (κ2) is 8.40. The zero-order chi connectivity index (χ0) is 23.3. The second-order valence-corrected chi connectivity index (χ2v) is 12.9. The van der Waals surface area contributed by atoms with E-state index < -0.39 is 21.2 Å². The molecule has 0 unspecified atom stereocenters. The molecule has 4 rings (SSSR count). The number of aryl methyl sites for hydroxylation is 1. The van der Waals surface area contributed by atoms with Gasteiger partial charge in [0, 0.05) is 11.3 Å². The number of aliphatic hydroxyl groups is 1. The molecular weight excluding hydrogens is 442 g/mol. The SMILES string of the molecule is [C-]#[N+]c1cc(C(C)(C)O)sc1S(=O)(=O)CC(=O)Cc1c([C@H](C)C2CC2)ccc2c1CCC2. The van der Waals surface area contributed by atoms with Gasteiger partial charge in [0.15, 0.2) is 15.6 Å². The first kappa shape index (κ1) is 23.2. The predicted molar refractivity (Wildman–Crippen MR) is 126 cm³/mol. The maximum Gasteiger partial charge on any atom is 0.216 e. The second-order valence-electron chi connectivity index (χ2n) is 9.68. The van der Waals surface area contributed by atoms with Gasteiger partial charge in [-0.25, -0.2) is 13.3 Å². The monoisotopic (exact) mass is 471 g/mol. The highest BCUT2D eigenvalue weighted by Crippen LogP contribution is 2.45. The Bertz CT molecular complexity index is 1210. The first-order chi connectivity index (χ1) is 15.0. The van der Waals surface area contributed by atoms with Crippen molar-refractivity contribution in [2.45, 2.75) is 75.0 Å². The van der Waals surface area contributed by atoms with E-state index in [0.29, 0.717) is 16.7 Å². The Morgan fingerprint density at radius 1 is 1.31 bits per heavy atom. The molecule has 0 spiro atoms. The van der Waals surface area contributed by atoms with Gasteiger partial charge in [0.25, 0.3) is 0 Å². The number of thiophene rings is 1. The van der Waals surface area contributed by atoms with Crippen LogP contribution >= 0.6 is 11.3 Å². The zero-order valence-electron chi connectivity index (χ0n) is 18.8. The van der Waals surface area contributed by atoms with Crippen LogP contribution in [-0.4, -0.2) is 25.1 Å². The first-order valence-corrected chi connectivity index (χ1v) is 13.6. The molecule has 7 heteroatoms. The molecule has 2 aliphatic rings. The van der Waals surface area contributed by atoms with Gasteiger partial charge in [0.05, 0.1) is 12.2 Å². The Kier molecular flexibility index (Phi) is 6.08.